The lowest BCUT2D eigenvalue weighted by atomic mass is 10.3. The van der Waals surface area contributed by atoms with Crippen LogP contribution in [0.25, 0.3) is 0 Å². The van der Waals surface area contributed by atoms with Crippen molar-refractivity contribution in [3.63, 3.8) is 0 Å². The van der Waals surface area contributed by atoms with Gasteiger partial charge in [-0.2, -0.15) is 13.2 Å². The van der Waals surface area contributed by atoms with Gasteiger partial charge >= 0.3 is 6.18 Å². The number of nitrogens with one attached hydrogen (secondary N) is 1. The molecule has 0 aliphatic heterocycles. The van der Waals surface area contributed by atoms with Crippen molar-refractivity contribution in [2.75, 3.05) is 19.7 Å². The number of hydrogen-bond donors (Lipinski definition) is 2. The van der Waals surface area contributed by atoms with Crippen molar-refractivity contribution in [2.45, 2.75) is 38.7 Å². The summed E-state index contributed by atoms with van der Waals surface area (Å²) in [5.41, 5.74) is 0. The number of aliphatic hydroxyl groups excluding tert-OH is 1. The van der Waals surface area contributed by atoms with Gasteiger partial charge < -0.3 is 15.2 Å². The van der Waals surface area contributed by atoms with E-state index in [1.165, 1.54) is 0 Å². The topological polar surface area (TPSA) is 41.5 Å². The highest BCUT2D eigenvalue weighted by Crippen LogP contribution is 2.22. The molecule has 0 saturated carbocycles. The first kappa shape index (κ1) is 14.7. The van der Waals surface area contributed by atoms with Gasteiger partial charge in [-0.1, -0.05) is 6.92 Å². The Bertz CT molecular complexity index is 164. The molecule has 2 atom stereocenters. The van der Waals surface area contributed by atoms with E-state index in [4.69, 9.17) is 0 Å². The van der Waals surface area contributed by atoms with Gasteiger partial charge in [-0.05, 0) is 19.9 Å². The third-order valence-corrected chi connectivity index (χ3v) is 1.81. The molecule has 2 N–H and O–H groups in total. The maximum atomic E-state index is 12.0. The summed E-state index contributed by atoms with van der Waals surface area (Å²) in [4.78, 5) is 0. The Morgan fingerprint density at radius 1 is 1.40 bits per heavy atom. The van der Waals surface area contributed by atoms with Crippen LogP contribution < -0.4 is 5.32 Å². The maximum Gasteiger partial charge on any atom is 0.414 e. The van der Waals surface area contributed by atoms with Gasteiger partial charge in [0.1, 0.15) is 0 Å². The summed E-state index contributed by atoms with van der Waals surface area (Å²) in [6.45, 7) is 3.55. The van der Waals surface area contributed by atoms with E-state index in [0.29, 0.717) is 0 Å². The van der Waals surface area contributed by atoms with E-state index in [1.54, 1.807) is 0 Å². The van der Waals surface area contributed by atoms with Gasteiger partial charge in [0.2, 0.25) is 0 Å². The Morgan fingerprint density at radius 3 is 2.47 bits per heavy atom. The van der Waals surface area contributed by atoms with Crippen molar-refractivity contribution in [1.82, 2.24) is 5.32 Å². The first-order valence-electron chi connectivity index (χ1n) is 4.95. The van der Waals surface area contributed by atoms with Gasteiger partial charge in [0.05, 0.1) is 12.7 Å². The number of aliphatic hydroxyl groups is 1. The summed E-state index contributed by atoms with van der Waals surface area (Å²) in [5.74, 6) is 0. The highest BCUT2D eigenvalue weighted by Gasteiger charge is 2.37. The second-order valence-corrected chi connectivity index (χ2v) is 3.38. The molecule has 0 heterocycles. The van der Waals surface area contributed by atoms with E-state index in [-0.39, 0.29) is 13.2 Å². The van der Waals surface area contributed by atoms with Gasteiger partial charge in [0.15, 0.2) is 6.10 Å². The summed E-state index contributed by atoms with van der Waals surface area (Å²) in [6, 6.07) is 0. The van der Waals surface area contributed by atoms with Gasteiger partial charge in [0, 0.05) is 6.54 Å². The smallest absolute Gasteiger partial charge is 0.389 e. The van der Waals surface area contributed by atoms with Crippen LogP contribution in [0.5, 0.6) is 0 Å². The minimum absolute atomic E-state index is 0.248. The Morgan fingerprint density at radius 2 is 2.00 bits per heavy atom. The normalized spacial score (nSPS) is 16.4. The lowest BCUT2D eigenvalue weighted by Crippen LogP contribution is -2.35. The summed E-state index contributed by atoms with van der Waals surface area (Å²) < 4.78 is 40.4. The summed E-state index contributed by atoms with van der Waals surface area (Å²) >= 11 is 0. The zero-order valence-corrected chi connectivity index (χ0v) is 8.97. The molecule has 2 unspecified atom stereocenters. The van der Waals surface area contributed by atoms with E-state index in [0.717, 1.165) is 19.9 Å². The molecule has 0 bridgehead atoms. The van der Waals surface area contributed by atoms with Crippen molar-refractivity contribution in [1.29, 1.82) is 0 Å². The molecule has 0 amide bonds. The number of ether oxygens (including phenoxy) is 1. The number of rotatable bonds is 7. The molecule has 0 rings (SSSR count). The molecule has 0 aromatic rings. The fraction of sp³-hybridized carbons (Fsp3) is 1.00. The molecule has 0 saturated heterocycles. The van der Waals surface area contributed by atoms with Crippen molar-refractivity contribution in [2.24, 2.45) is 0 Å². The van der Waals surface area contributed by atoms with Crippen LogP contribution in [0, 0.1) is 0 Å². The molecular weight excluding hydrogens is 211 g/mol. The van der Waals surface area contributed by atoms with E-state index in [1.807, 2.05) is 6.92 Å². The van der Waals surface area contributed by atoms with Gasteiger partial charge in [-0.3, -0.25) is 0 Å². The van der Waals surface area contributed by atoms with Gasteiger partial charge in [0.25, 0.3) is 0 Å². The van der Waals surface area contributed by atoms with E-state index >= 15 is 0 Å². The van der Waals surface area contributed by atoms with Crippen LogP contribution in [0.4, 0.5) is 13.2 Å². The third-order valence-electron chi connectivity index (χ3n) is 1.81. The first-order valence-corrected chi connectivity index (χ1v) is 4.95. The molecular formula is C9H18F3NO2. The first-order chi connectivity index (χ1) is 6.88. The highest BCUT2D eigenvalue weighted by molar-refractivity contribution is 4.64. The predicted molar refractivity (Wildman–Crippen MR) is 50.6 cm³/mol. The zero-order chi connectivity index (χ0) is 11.9. The van der Waals surface area contributed by atoms with E-state index in [9.17, 15) is 18.3 Å². The van der Waals surface area contributed by atoms with Crippen LogP contribution in [-0.2, 0) is 4.74 Å². The third kappa shape index (κ3) is 7.58. The van der Waals surface area contributed by atoms with Gasteiger partial charge in [-0.15, -0.1) is 0 Å². The quantitative estimate of drug-likeness (QED) is 0.647. The standard InChI is InChI=1S/C9H18F3NO2/c1-3-4-13-5-8(14)6-15-7(2)9(10,11)12/h7-8,13-14H,3-6H2,1-2H3. The molecule has 0 aliphatic carbocycles. The number of halogens is 3. The Labute approximate surface area is 87.6 Å². The highest BCUT2D eigenvalue weighted by atomic mass is 19.4. The second-order valence-electron chi connectivity index (χ2n) is 3.38. The van der Waals surface area contributed by atoms with Crippen molar-refractivity contribution in [3.05, 3.63) is 0 Å². The van der Waals surface area contributed by atoms with Crippen LogP contribution in [0.15, 0.2) is 0 Å². The minimum atomic E-state index is -4.36. The van der Waals surface area contributed by atoms with Crippen molar-refractivity contribution in [3.8, 4) is 0 Å². The molecule has 0 aromatic carbocycles. The van der Waals surface area contributed by atoms with Crippen molar-refractivity contribution < 1.29 is 23.0 Å². The lowest BCUT2D eigenvalue weighted by molar-refractivity contribution is -0.219. The number of hydrogen-bond acceptors (Lipinski definition) is 3. The molecule has 0 radical (unpaired) electrons. The van der Waals surface area contributed by atoms with E-state index in [2.05, 4.69) is 10.1 Å². The second kappa shape index (κ2) is 7.03. The fourth-order valence-corrected chi connectivity index (χ4v) is 0.854. The molecule has 0 aliphatic rings. The SMILES string of the molecule is CCCNCC(O)COC(C)C(F)(F)F. The molecule has 0 spiro atoms. The average molecular weight is 229 g/mol. The predicted octanol–water partition coefficient (Wildman–Crippen LogP) is 1.31. The van der Waals surface area contributed by atoms with Crippen LogP contribution in [0.2, 0.25) is 0 Å². The molecule has 6 heteroatoms. The molecule has 92 valence electrons. The van der Waals surface area contributed by atoms with Crippen LogP contribution in [0.3, 0.4) is 0 Å². The summed E-state index contributed by atoms with van der Waals surface area (Å²) in [5, 5.41) is 12.1. The van der Waals surface area contributed by atoms with Crippen LogP contribution in [-0.4, -0.2) is 43.2 Å². The van der Waals surface area contributed by atoms with Gasteiger partial charge in [-0.25, -0.2) is 0 Å². The molecule has 0 fully saturated rings. The largest absolute Gasteiger partial charge is 0.414 e. The van der Waals surface area contributed by atoms with E-state index < -0.39 is 18.4 Å². The Hall–Kier alpha value is -0.330. The summed E-state index contributed by atoms with van der Waals surface area (Å²) in [7, 11) is 0. The zero-order valence-electron chi connectivity index (χ0n) is 8.97. The molecule has 15 heavy (non-hydrogen) atoms. The Kier molecular flexibility index (Phi) is 6.87. The Balaban J connectivity index is 3.57. The lowest BCUT2D eigenvalue weighted by Gasteiger charge is -2.18. The maximum absolute atomic E-state index is 12.0. The molecule has 0 aromatic heterocycles. The molecule has 3 nitrogen and oxygen atoms in total. The summed E-state index contributed by atoms with van der Waals surface area (Å²) in [6.07, 6.45) is -6.19. The number of alkyl halides is 3. The average Bonchev–Trinajstić information content (AvgIpc) is 2.13. The van der Waals surface area contributed by atoms with Crippen LogP contribution in [0.1, 0.15) is 20.3 Å². The monoisotopic (exact) mass is 229 g/mol. The van der Waals surface area contributed by atoms with Crippen molar-refractivity contribution >= 4 is 0 Å². The fourth-order valence-electron chi connectivity index (χ4n) is 0.854. The van der Waals surface area contributed by atoms with Crippen LogP contribution >= 0.6 is 0 Å². The minimum Gasteiger partial charge on any atom is -0.389 e.